The molecule has 0 bridgehead atoms. The van der Waals surface area contributed by atoms with Gasteiger partial charge in [0.25, 0.3) is 11.8 Å². The van der Waals surface area contributed by atoms with Crippen molar-refractivity contribution in [1.82, 2.24) is 25.7 Å². The lowest BCUT2D eigenvalue weighted by molar-refractivity contribution is 0.0696. The van der Waals surface area contributed by atoms with Gasteiger partial charge in [-0.2, -0.15) is 5.10 Å². The number of aliphatic imine (C=N–C) groups is 1. The highest BCUT2D eigenvalue weighted by molar-refractivity contribution is 6.03. The van der Waals surface area contributed by atoms with Gasteiger partial charge in [0.15, 0.2) is 5.78 Å². The van der Waals surface area contributed by atoms with Gasteiger partial charge >= 0.3 is 5.97 Å². The number of aromatic carboxylic acids is 1. The maximum absolute atomic E-state index is 12.1. The number of hydrazone groups is 1. The highest BCUT2D eigenvalue weighted by Crippen LogP contribution is 2.11. The minimum Gasteiger partial charge on any atom is -0.478 e. The van der Waals surface area contributed by atoms with Gasteiger partial charge in [0, 0.05) is 41.5 Å². The Morgan fingerprint density at radius 2 is 1.14 bits per heavy atom. The van der Waals surface area contributed by atoms with E-state index in [4.69, 9.17) is 5.11 Å². The molecule has 12 heteroatoms. The fourth-order valence-corrected chi connectivity index (χ4v) is 4.96. The Labute approximate surface area is 337 Å². The maximum Gasteiger partial charge on any atom is 0.335 e. The number of benzene rings is 3. The van der Waals surface area contributed by atoms with Crippen LogP contribution in [0.3, 0.4) is 0 Å². The lowest BCUT2D eigenvalue weighted by Crippen LogP contribution is -2.19. The normalized spacial score (nSPS) is 11.1. The van der Waals surface area contributed by atoms with Crippen LogP contribution in [0.25, 0.3) is 5.57 Å². The van der Waals surface area contributed by atoms with Gasteiger partial charge < -0.3 is 10.4 Å². The molecule has 3 N–H and O–H groups in total. The number of rotatable bonds is 11. The lowest BCUT2D eigenvalue weighted by Gasteiger charge is -2.04. The largest absolute Gasteiger partial charge is 0.478 e. The quantitative estimate of drug-likeness (QED) is 0.0677. The molecule has 0 aliphatic rings. The predicted molar refractivity (Wildman–Crippen MR) is 226 cm³/mol. The first-order valence-corrected chi connectivity index (χ1v) is 18.1. The summed E-state index contributed by atoms with van der Waals surface area (Å²) in [6.45, 7) is 7.59. The van der Waals surface area contributed by atoms with Crippen molar-refractivity contribution in [3.8, 4) is 0 Å². The van der Waals surface area contributed by atoms with Crippen LogP contribution in [0.4, 0.5) is 0 Å². The van der Waals surface area contributed by atoms with E-state index in [9.17, 15) is 19.2 Å². The number of carbonyl (C=O) groups excluding carboxylic acids is 3. The monoisotopic (exact) mass is 773 g/mol. The summed E-state index contributed by atoms with van der Waals surface area (Å²) in [7, 11) is 0. The first-order valence-electron chi connectivity index (χ1n) is 18.1. The third-order valence-corrected chi connectivity index (χ3v) is 8.20. The van der Waals surface area contributed by atoms with Gasteiger partial charge in [-0.15, -0.1) is 0 Å². The number of ketones is 1. The average Bonchev–Trinajstić information content (AvgIpc) is 3.28. The van der Waals surface area contributed by atoms with E-state index in [1.807, 2.05) is 118 Å². The molecule has 0 aliphatic carbocycles. The van der Waals surface area contributed by atoms with Gasteiger partial charge in [0.2, 0.25) is 0 Å². The molecular formula is C46H43N7O5. The van der Waals surface area contributed by atoms with E-state index in [0.29, 0.717) is 16.8 Å². The van der Waals surface area contributed by atoms with Crippen molar-refractivity contribution in [2.75, 3.05) is 6.54 Å². The van der Waals surface area contributed by atoms with Crippen LogP contribution in [0.1, 0.15) is 84.8 Å². The Morgan fingerprint density at radius 1 is 0.603 bits per heavy atom. The molecule has 0 spiro atoms. The van der Waals surface area contributed by atoms with E-state index in [1.165, 1.54) is 18.2 Å². The molecule has 6 rings (SSSR count). The minimum atomic E-state index is -1.06. The van der Waals surface area contributed by atoms with Gasteiger partial charge in [-0.05, 0) is 106 Å². The van der Waals surface area contributed by atoms with Crippen molar-refractivity contribution in [1.29, 1.82) is 0 Å². The summed E-state index contributed by atoms with van der Waals surface area (Å²) in [6.07, 6.45) is 6.63. The molecule has 3 aromatic carbocycles. The number of nitrogens with one attached hydrogen (secondary N) is 2. The number of nitrogens with zero attached hydrogens (tertiary/aromatic N) is 5. The summed E-state index contributed by atoms with van der Waals surface area (Å²) in [5.41, 5.74) is 9.73. The number of carbonyl (C=O) groups is 4. The second-order valence-corrected chi connectivity index (χ2v) is 12.5. The number of aromatic nitrogens is 3. The summed E-state index contributed by atoms with van der Waals surface area (Å²) >= 11 is 0. The van der Waals surface area contributed by atoms with E-state index in [-0.39, 0.29) is 29.7 Å². The number of pyridine rings is 3. The SMILES string of the molecule is C/C(=C\NC(=O)c1cccc(C(=O)O)c1)c1ccccn1.C/C(=N/NC(=O)c1ccccc1)c1ccccn1.CC(=NCC(=O)c1ccccc1C)c1ccccn1. The second kappa shape index (κ2) is 22.6. The Hall–Kier alpha value is -7.73. The Bertz CT molecular complexity index is 2380. The molecule has 3 heterocycles. The molecule has 0 saturated carbocycles. The highest BCUT2D eigenvalue weighted by atomic mass is 16.4. The van der Waals surface area contributed by atoms with Crippen molar-refractivity contribution >= 4 is 40.6 Å². The molecule has 0 aliphatic heterocycles. The topological polar surface area (TPSA) is 176 Å². The van der Waals surface area contributed by atoms with Crippen LogP contribution in [-0.4, -0.2) is 61.6 Å². The average molecular weight is 774 g/mol. The maximum atomic E-state index is 12.1. The number of carboxylic acids is 1. The van der Waals surface area contributed by atoms with Crippen molar-refractivity contribution in [2.24, 2.45) is 10.1 Å². The number of aryl methyl sites for hydroxylation is 1. The summed E-state index contributed by atoms with van der Waals surface area (Å²) in [5.74, 6) is -1.63. The number of allylic oxidation sites excluding steroid dienone is 1. The first-order chi connectivity index (χ1) is 28.0. The summed E-state index contributed by atoms with van der Waals surface area (Å²) in [5, 5.41) is 15.6. The number of hydrogen-bond acceptors (Lipinski definition) is 9. The van der Waals surface area contributed by atoms with Crippen LogP contribution >= 0.6 is 0 Å². The van der Waals surface area contributed by atoms with Crippen molar-refractivity contribution in [3.63, 3.8) is 0 Å². The van der Waals surface area contributed by atoms with Gasteiger partial charge in [0.05, 0.1) is 34.1 Å². The number of Topliss-reactive ketones (excluding diaryl/α,β-unsaturated/α-hetero) is 1. The van der Waals surface area contributed by atoms with Crippen molar-refractivity contribution < 1.29 is 24.3 Å². The van der Waals surface area contributed by atoms with Gasteiger partial charge in [-0.3, -0.25) is 34.3 Å². The van der Waals surface area contributed by atoms with Gasteiger partial charge in [0.1, 0.15) is 6.54 Å². The predicted octanol–water partition coefficient (Wildman–Crippen LogP) is 7.89. The van der Waals surface area contributed by atoms with Gasteiger partial charge in [-0.1, -0.05) is 66.7 Å². The molecule has 6 aromatic rings. The Morgan fingerprint density at radius 3 is 1.72 bits per heavy atom. The molecule has 0 saturated heterocycles. The Balaban J connectivity index is 0.000000193. The Kier molecular flexibility index (Phi) is 16.8. The molecule has 58 heavy (non-hydrogen) atoms. The van der Waals surface area contributed by atoms with Crippen LogP contribution in [0.15, 0.2) is 168 Å². The standard InChI is InChI=1S/C16H14N2O3.C16H16N2O.C14H13N3O/c1-11(14-7-2-3-8-17-14)10-18-15(19)12-5-4-6-13(9-12)16(20)21;1-12-7-3-4-8-14(12)16(19)11-18-13(2)15-9-5-6-10-17-15;1-11(13-9-5-6-10-15-13)16-17-14(18)12-7-3-2-4-8-12/h2-10H,1H3,(H,18,19)(H,20,21);3-10H,11H2,1-2H3;2-10H,1H3,(H,17,18)/b11-10+;;16-11-. The summed E-state index contributed by atoms with van der Waals surface area (Å²) in [4.78, 5) is 63.5. The number of amides is 2. The molecule has 3 aromatic heterocycles. The zero-order chi connectivity index (χ0) is 41.7. The summed E-state index contributed by atoms with van der Waals surface area (Å²) in [6, 6.07) is 39.1. The van der Waals surface area contributed by atoms with Crippen molar-refractivity contribution in [3.05, 3.63) is 203 Å². The third kappa shape index (κ3) is 13.8. The molecule has 0 fully saturated rings. The van der Waals surface area contributed by atoms with E-state index < -0.39 is 5.97 Å². The highest BCUT2D eigenvalue weighted by Gasteiger charge is 2.10. The third-order valence-electron chi connectivity index (χ3n) is 8.20. The van der Waals surface area contributed by atoms with Crippen LogP contribution in [0.5, 0.6) is 0 Å². The zero-order valence-electron chi connectivity index (χ0n) is 32.5. The van der Waals surface area contributed by atoms with E-state index in [0.717, 1.165) is 39.5 Å². The summed E-state index contributed by atoms with van der Waals surface area (Å²) < 4.78 is 0. The van der Waals surface area contributed by atoms with E-state index >= 15 is 0 Å². The van der Waals surface area contributed by atoms with Crippen molar-refractivity contribution in [2.45, 2.75) is 27.7 Å². The van der Waals surface area contributed by atoms with Gasteiger partial charge in [-0.25, -0.2) is 10.2 Å². The fourth-order valence-electron chi connectivity index (χ4n) is 4.96. The minimum absolute atomic E-state index is 0.0355. The molecule has 0 unspecified atom stereocenters. The lowest BCUT2D eigenvalue weighted by atomic mass is 10.1. The molecule has 0 atom stereocenters. The number of hydrogen-bond donors (Lipinski definition) is 3. The fraction of sp³-hybridized carbons (Fsp3) is 0.109. The second-order valence-electron chi connectivity index (χ2n) is 12.5. The van der Waals surface area contributed by atoms with Crippen LogP contribution < -0.4 is 10.7 Å². The molecule has 0 radical (unpaired) electrons. The van der Waals surface area contributed by atoms with E-state index in [1.54, 1.807) is 49.9 Å². The molecule has 2 amide bonds. The molecular weight excluding hydrogens is 731 g/mol. The molecule has 12 nitrogen and oxygen atoms in total. The molecule has 292 valence electrons. The van der Waals surface area contributed by atoms with E-state index in [2.05, 4.69) is 35.8 Å². The zero-order valence-corrected chi connectivity index (χ0v) is 32.5. The van der Waals surface area contributed by atoms with Crippen LogP contribution in [0.2, 0.25) is 0 Å². The van der Waals surface area contributed by atoms with Crippen LogP contribution in [-0.2, 0) is 0 Å². The first kappa shape index (κ1) is 43.0. The number of carboxylic acid groups (broad SMARTS) is 1. The smallest absolute Gasteiger partial charge is 0.335 e. The van der Waals surface area contributed by atoms with Crippen LogP contribution in [0, 0.1) is 6.92 Å².